The van der Waals surface area contributed by atoms with Crippen molar-refractivity contribution in [3.05, 3.63) is 82.6 Å². The highest BCUT2D eigenvalue weighted by Gasteiger charge is 2.24. The van der Waals surface area contributed by atoms with Crippen molar-refractivity contribution in [2.45, 2.75) is 45.2 Å². The van der Waals surface area contributed by atoms with Crippen LogP contribution >= 0.6 is 11.6 Å². The summed E-state index contributed by atoms with van der Waals surface area (Å²) in [5.41, 5.74) is 4.20. The Morgan fingerprint density at radius 3 is 2.49 bits per heavy atom. The van der Waals surface area contributed by atoms with Gasteiger partial charge in [-0.25, -0.2) is 4.98 Å². The number of piperidine rings is 1. The summed E-state index contributed by atoms with van der Waals surface area (Å²) in [6, 6.07) is 18.3. The van der Waals surface area contributed by atoms with Crippen LogP contribution in [0.3, 0.4) is 0 Å². The number of pyridine rings is 1. The van der Waals surface area contributed by atoms with Gasteiger partial charge in [-0.05, 0) is 74.6 Å². The van der Waals surface area contributed by atoms with Crippen LogP contribution in [-0.4, -0.2) is 46.5 Å². The molecule has 0 spiro atoms. The van der Waals surface area contributed by atoms with Gasteiger partial charge in [0.15, 0.2) is 0 Å². The van der Waals surface area contributed by atoms with Crippen molar-refractivity contribution in [1.82, 2.24) is 9.88 Å². The minimum Gasteiger partial charge on any atom is -0.492 e. The predicted octanol–water partition coefficient (Wildman–Crippen LogP) is 6.25. The Kier molecular flexibility index (Phi) is 8.41. The zero-order chi connectivity index (χ0) is 24.6. The quantitative estimate of drug-likeness (QED) is 0.193. The summed E-state index contributed by atoms with van der Waals surface area (Å²) in [4.78, 5) is 6.97. The van der Waals surface area contributed by atoms with Crippen molar-refractivity contribution in [2.24, 2.45) is 5.16 Å². The first-order chi connectivity index (χ1) is 17.0. The number of nitrogens with zero attached hydrogens (tertiary/aromatic N) is 3. The molecule has 2 atom stereocenters. The summed E-state index contributed by atoms with van der Waals surface area (Å²) in [7, 11) is 0. The highest BCUT2D eigenvalue weighted by molar-refractivity contribution is 6.30. The number of oxime groups is 1. The van der Waals surface area contributed by atoms with E-state index in [4.69, 9.17) is 21.5 Å². The molecule has 0 aliphatic carbocycles. The Morgan fingerprint density at radius 1 is 1.06 bits per heavy atom. The van der Waals surface area contributed by atoms with Crippen LogP contribution in [0.15, 0.2) is 65.9 Å². The van der Waals surface area contributed by atoms with Gasteiger partial charge in [0.2, 0.25) is 0 Å². The van der Waals surface area contributed by atoms with Crippen LogP contribution in [-0.2, 0) is 0 Å². The highest BCUT2D eigenvalue weighted by atomic mass is 35.5. The molecule has 4 rings (SSSR count). The van der Waals surface area contributed by atoms with E-state index in [0.29, 0.717) is 40.7 Å². The minimum atomic E-state index is 0.576. The van der Waals surface area contributed by atoms with E-state index in [0.717, 1.165) is 23.2 Å². The lowest BCUT2D eigenvalue weighted by atomic mass is 9.98. The van der Waals surface area contributed by atoms with Gasteiger partial charge in [0.25, 0.3) is 0 Å². The molecule has 3 aromatic rings. The van der Waals surface area contributed by atoms with Crippen molar-refractivity contribution in [2.75, 3.05) is 13.2 Å². The van der Waals surface area contributed by atoms with Gasteiger partial charge in [-0.1, -0.05) is 47.3 Å². The van der Waals surface area contributed by atoms with E-state index in [1.807, 2.05) is 54.6 Å². The maximum absolute atomic E-state index is 9.13. The lowest BCUT2D eigenvalue weighted by molar-refractivity contribution is 0.0851. The van der Waals surface area contributed by atoms with Crippen LogP contribution in [0.1, 0.15) is 49.9 Å². The second-order valence-corrected chi connectivity index (χ2v) is 9.34. The van der Waals surface area contributed by atoms with Gasteiger partial charge in [0, 0.05) is 46.5 Å². The van der Waals surface area contributed by atoms with Crippen molar-refractivity contribution in [1.29, 1.82) is 0 Å². The van der Waals surface area contributed by atoms with Crippen LogP contribution < -0.4 is 4.74 Å². The third-order valence-electron chi connectivity index (χ3n) is 6.47. The van der Waals surface area contributed by atoms with Crippen molar-refractivity contribution in [3.8, 4) is 28.7 Å². The summed E-state index contributed by atoms with van der Waals surface area (Å²) in [6.07, 6.45) is 6.95. The Bertz CT molecular complexity index is 1200. The molecular formula is C29H30ClN3O2. The first-order valence-electron chi connectivity index (χ1n) is 12.0. The molecule has 2 aromatic carbocycles. The molecule has 1 aromatic heterocycles. The maximum atomic E-state index is 9.13. The number of halogens is 1. The number of hydrogen-bond acceptors (Lipinski definition) is 5. The van der Waals surface area contributed by atoms with Crippen LogP contribution in [0.25, 0.3) is 11.1 Å². The summed E-state index contributed by atoms with van der Waals surface area (Å²) in [5, 5.41) is 13.0. The standard InChI is InChI=1S/C29H30ClN3O2/c1-21-4-3-5-22(2)33(21)16-17-35-29-15-7-23(18-26(29)20-32-34)6-13-28-14-10-25(19-31-28)24-8-11-27(30)12-9-24/h7-12,14-15,18-22,34H,3-5,16-17H2,1-2H3. The Labute approximate surface area is 212 Å². The van der Waals surface area contributed by atoms with Gasteiger partial charge in [-0.3, -0.25) is 4.90 Å². The van der Waals surface area contributed by atoms with Gasteiger partial charge in [-0.2, -0.15) is 0 Å². The smallest absolute Gasteiger partial charge is 0.128 e. The SMILES string of the molecule is CC1CCCC(C)N1CCOc1ccc(C#Cc2ccc(-c3ccc(Cl)cc3)cn2)cc1C=NO. The van der Waals surface area contributed by atoms with Crippen LogP contribution in [0.2, 0.25) is 5.02 Å². The first kappa shape index (κ1) is 24.8. The zero-order valence-electron chi connectivity index (χ0n) is 20.1. The lowest BCUT2D eigenvalue weighted by Gasteiger charge is -2.38. The fraction of sp³-hybridized carbons (Fsp3) is 0.310. The van der Waals surface area contributed by atoms with E-state index in [-0.39, 0.29) is 0 Å². The van der Waals surface area contributed by atoms with Gasteiger partial charge in [0.1, 0.15) is 18.1 Å². The monoisotopic (exact) mass is 487 g/mol. The molecule has 1 aliphatic heterocycles. The Hall–Kier alpha value is -3.33. The van der Waals surface area contributed by atoms with E-state index < -0.39 is 0 Å². The second-order valence-electron chi connectivity index (χ2n) is 8.90. The second kappa shape index (κ2) is 11.9. The maximum Gasteiger partial charge on any atom is 0.128 e. The molecular weight excluding hydrogens is 458 g/mol. The van der Waals surface area contributed by atoms with Crippen molar-refractivity contribution in [3.63, 3.8) is 0 Å². The molecule has 35 heavy (non-hydrogen) atoms. The third kappa shape index (κ3) is 6.63. The van der Waals surface area contributed by atoms with Crippen molar-refractivity contribution >= 4 is 17.8 Å². The summed E-state index contributed by atoms with van der Waals surface area (Å²) >= 11 is 5.97. The molecule has 1 aliphatic rings. The van der Waals surface area contributed by atoms with E-state index in [1.165, 1.54) is 25.5 Å². The van der Waals surface area contributed by atoms with E-state index >= 15 is 0 Å². The van der Waals surface area contributed by atoms with Crippen molar-refractivity contribution < 1.29 is 9.94 Å². The summed E-state index contributed by atoms with van der Waals surface area (Å²) < 4.78 is 6.06. The minimum absolute atomic E-state index is 0.576. The normalized spacial score (nSPS) is 18.3. The molecule has 0 amide bonds. The van der Waals surface area contributed by atoms with Crippen LogP contribution in [0.4, 0.5) is 0 Å². The number of hydrogen-bond donors (Lipinski definition) is 1. The number of aromatic nitrogens is 1. The van der Waals surface area contributed by atoms with E-state index in [1.54, 1.807) is 6.20 Å². The number of likely N-dealkylation sites (tertiary alicyclic amines) is 1. The lowest BCUT2D eigenvalue weighted by Crippen LogP contribution is -2.45. The number of ether oxygens (including phenoxy) is 1. The highest BCUT2D eigenvalue weighted by Crippen LogP contribution is 2.24. The number of rotatable bonds is 6. The summed E-state index contributed by atoms with van der Waals surface area (Å²) in [6.45, 7) is 6.02. The fourth-order valence-corrected chi connectivity index (χ4v) is 4.64. The van der Waals surface area contributed by atoms with E-state index in [2.05, 4.69) is 40.7 Å². The van der Waals surface area contributed by atoms with Gasteiger partial charge in [0.05, 0.1) is 6.21 Å². The van der Waals surface area contributed by atoms with Gasteiger partial charge in [-0.15, -0.1) is 0 Å². The molecule has 5 nitrogen and oxygen atoms in total. The first-order valence-corrected chi connectivity index (χ1v) is 12.4. The fourth-order valence-electron chi connectivity index (χ4n) is 4.51. The van der Waals surface area contributed by atoms with Gasteiger partial charge < -0.3 is 9.94 Å². The largest absolute Gasteiger partial charge is 0.492 e. The third-order valence-corrected chi connectivity index (χ3v) is 6.72. The molecule has 2 unspecified atom stereocenters. The Morgan fingerprint density at radius 2 is 1.80 bits per heavy atom. The average molecular weight is 488 g/mol. The molecule has 1 saturated heterocycles. The molecule has 2 heterocycles. The molecule has 180 valence electrons. The number of benzene rings is 2. The topological polar surface area (TPSA) is 58.0 Å². The summed E-state index contributed by atoms with van der Waals surface area (Å²) in [5.74, 6) is 6.91. The molecule has 0 radical (unpaired) electrons. The van der Waals surface area contributed by atoms with Crippen LogP contribution in [0, 0.1) is 11.8 Å². The molecule has 1 fully saturated rings. The van der Waals surface area contributed by atoms with Gasteiger partial charge >= 0.3 is 0 Å². The molecule has 0 saturated carbocycles. The zero-order valence-corrected chi connectivity index (χ0v) is 20.9. The Balaban J connectivity index is 1.42. The predicted molar refractivity (Wildman–Crippen MR) is 141 cm³/mol. The van der Waals surface area contributed by atoms with E-state index in [9.17, 15) is 0 Å². The molecule has 6 heteroatoms. The molecule has 0 bridgehead atoms. The molecule has 1 N–H and O–H groups in total. The average Bonchev–Trinajstić information content (AvgIpc) is 2.86. The van der Waals surface area contributed by atoms with Crippen LogP contribution in [0.5, 0.6) is 5.75 Å².